The van der Waals surface area contributed by atoms with E-state index >= 15 is 0 Å². The highest BCUT2D eigenvalue weighted by molar-refractivity contribution is 6.90. The van der Waals surface area contributed by atoms with Crippen LogP contribution in [0.5, 0.6) is 0 Å². The molecule has 0 bridgehead atoms. The summed E-state index contributed by atoms with van der Waals surface area (Å²) in [4.78, 5) is 0. The molecular weight excluding hydrogens is 260 g/mol. The molecule has 0 N–H and O–H groups in total. The van der Waals surface area contributed by atoms with Crippen LogP contribution in [-0.4, -0.2) is 25.2 Å². The molecule has 0 saturated heterocycles. The summed E-state index contributed by atoms with van der Waals surface area (Å²) in [7, 11) is -5.41. The number of hydrogen-bond acceptors (Lipinski definition) is 2. The third-order valence-electron chi connectivity index (χ3n) is 2.30. The van der Waals surface area contributed by atoms with Crippen LogP contribution < -0.4 is 0 Å². The fraction of sp³-hybridized carbons (Fsp3) is 0.583. The van der Waals surface area contributed by atoms with Gasteiger partial charge in [0.25, 0.3) is 0 Å². The summed E-state index contributed by atoms with van der Waals surface area (Å²) in [5.41, 5.74) is 3.28. The van der Waals surface area contributed by atoms with Gasteiger partial charge in [-0.3, -0.25) is 0 Å². The maximum atomic E-state index is 6.40. The van der Waals surface area contributed by atoms with Crippen LogP contribution in [0.15, 0.2) is 29.2 Å². The molecule has 0 unspecified atom stereocenters. The van der Waals surface area contributed by atoms with Gasteiger partial charge in [-0.05, 0) is 51.9 Å². The first-order valence-electron chi connectivity index (χ1n) is 6.06. The van der Waals surface area contributed by atoms with Crippen molar-refractivity contribution in [1.29, 1.82) is 0 Å². The summed E-state index contributed by atoms with van der Waals surface area (Å²) < 4.78 is 12.6. The van der Waals surface area contributed by atoms with Gasteiger partial charge in [-0.15, -0.1) is 5.73 Å². The predicted molar refractivity (Wildman–Crippen MR) is 81.2 cm³/mol. The minimum atomic E-state index is -2.03. The standard InChI is InChI=1S/C12H24O2Si3/c1-15(2,3)13-17(6,7)14-16(4,5)12-10-8-9-11-12/h8-10H,1-7H3. The molecule has 17 heavy (non-hydrogen) atoms. The van der Waals surface area contributed by atoms with Gasteiger partial charge in [0.2, 0.25) is 8.32 Å². The van der Waals surface area contributed by atoms with Gasteiger partial charge in [-0.1, -0.05) is 12.2 Å². The Morgan fingerprint density at radius 3 is 1.94 bits per heavy atom. The Kier molecular flexibility index (Phi) is 4.24. The molecule has 0 aromatic rings. The Labute approximate surface area is 109 Å². The summed E-state index contributed by atoms with van der Waals surface area (Å²) in [6, 6.07) is 0. The largest absolute Gasteiger partial charge is 0.437 e. The normalized spacial score (nSPS) is 16.5. The average molecular weight is 285 g/mol. The second kappa shape index (κ2) is 4.84. The highest BCUT2D eigenvalue weighted by Crippen LogP contribution is 2.26. The molecule has 0 saturated carbocycles. The van der Waals surface area contributed by atoms with Gasteiger partial charge < -0.3 is 8.23 Å². The van der Waals surface area contributed by atoms with Crippen molar-refractivity contribution in [2.75, 3.05) is 0 Å². The molecule has 0 spiro atoms. The van der Waals surface area contributed by atoms with Crippen LogP contribution in [0, 0.1) is 0 Å². The van der Waals surface area contributed by atoms with Gasteiger partial charge in [-0.2, -0.15) is 0 Å². The Hall–Kier alpha value is -0.169. The lowest BCUT2D eigenvalue weighted by molar-refractivity contribution is 0.397. The van der Waals surface area contributed by atoms with Crippen LogP contribution in [0.1, 0.15) is 0 Å². The lowest BCUT2D eigenvalue weighted by atomic mass is 10.6. The second-order valence-electron chi connectivity index (χ2n) is 6.31. The Morgan fingerprint density at radius 1 is 0.941 bits per heavy atom. The van der Waals surface area contributed by atoms with Gasteiger partial charge in [-0.25, -0.2) is 0 Å². The van der Waals surface area contributed by atoms with Crippen LogP contribution in [-0.2, 0) is 8.23 Å². The molecule has 0 amide bonds. The summed E-state index contributed by atoms with van der Waals surface area (Å²) in [5, 5.41) is 1.23. The third-order valence-corrected chi connectivity index (χ3v) is 12.3. The van der Waals surface area contributed by atoms with Gasteiger partial charge >= 0.3 is 8.56 Å². The summed E-state index contributed by atoms with van der Waals surface area (Å²) in [6.07, 6.45) is 6.11. The van der Waals surface area contributed by atoms with Gasteiger partial charge in [0.15, 0.2) is 8.32 Å². The first-order chi connectivity index (χ1) is 7.52. The van der Waals surface area contributed by atoms with Gasteiger partial charge in [0.1, 0.15) is 0 Å². The smallest absolute Gasteiger partial charge is 0.311 e. The Morgan fingerprint density at radius 2 is 1.53 bits per heavy atom. The van der Waals surface area contributed by atoms with E-state index in [0.717, 1.165) is 0 Å². The topological polar surface area (TPSA) is 18.5 Å². The van der Waals surface area contributed by atoms with E-state index in [-0.39, 0.29) is 0 Å². The van der Waals surface area contributed by atoms with Crippen molar-refractivity contribution in [3.05, 3.63) is 29.2 Å². The van der Waals surface area contributed by atoms with E-state index in [9.17, 15) is 0 Å². The van der Waals surface area contributed by atoms with Crippen molar-refractivity contribution in [3.63, 3.8) is 0 Å². The molecule has 0 radical (unpaired) electrons. The number of rotatable bonds is 5. The lowest BCUT2D eigenvalue weighted by Crippen LogP contribution is -2.52. The van der Waals surface area contributed by atoms with E-state index in [0.29, 0.717) is 0 Å². The molecule has 96 valence electrons. The van der Waals surface area contributed by atoms with Crippen LogP contribution >= 0.6 is 0 Å². The van der Waals surface area contributed by atoms with Crippen LogP contribution in [0.2, 0.25) is 45.8 Å². The molecule has 0 atom stereocenters. The highest BCUT2D eigenvalue weighted by Gasteiger charge is 2.39. The zero-order valence-corrected chi connectivity index (χ0v) is 15.0. The molecule has 0 heterocycles. The molecule has 5 heteroatoms. The van der Waals surface area contributed by atoms with Crippen molar-refractivity contribution in [1.82, 2.24) is 0 Å². The fourth-order valence-electron chi connectivity index (χ4n) is 2.13. The van der Waals surface area contributed by atoms with E-state index in [1.165, 1.54) is 5.20 Å². The molecular formula is C12H24O2Si3. The van der Waals surface area contributed by atoms with Crippen molar-refractivity contribution in [2.24, 2.45) is 0 Å². The van der Waals surface area contributed by atoms with Crippen molar-refractivity contribution in [3.8, 4) is 0 Å². The summed E-state index contributed by atoms with van der Waals surface area (Å²) >= 11 is 0. The molecule has 0 fully saturated rings. The second-order valence-corrected chi connectivity index (χ2v) is 18.5. The average Bonchev–Trinajstić information content (AvgIpc) is 2.46. The molecule has 1 aliphatic carbocycles. The molecule has 2 nitrogen and oxygen atoms in total. The van der Waals surface area contributed by atoms with E-state index in [2.05, 4.69) is 57.6 Å². The fourth-order valence-corrected chi connectivity index (χ4v) is 14.9. The van der Waals surface area contributed by atoms with Crippen molar-refractivity contribution < 1.29 is 8.23 Å². The SMILES string of the molecule is C[Si](C)(C)O[Si](C)(C)O[Si](C)(C)C1=C=CC=C1. The molecule has 1 rings (SSSR count). The minimum Gasteiger partial charge on any atom is -0.437 e. The number of allylic oxidation sites excluding steroid dienone is 3. The quantitative estimate of drug-likeness (QED) is 0.562. The Balaban J connectivity index is 2.76. The first-order valence-corrected chi connectivity index (χ1v) is 15.2. The minimum absolute atomic E-state index is 1.23. The van der Waals surface area contributed by atoms with E-state index in [1.807, 2.05) is 12.2 Å². The summed E-state index contributed by atoms with van der Waals surface area (Å²) in [6.45, 7) is 15.4. The Bertz CT molecular complexity index is 383. The van der Waals surface area contributed by atoms with Crippen LogP contribution in [0.4, 0.5) is 0 Å². The number of hydrogen-bond donors (Lipinski definition) is 0. The van der Waals surface area contributed by atoms with Gasteiger partial charge in [0, 0.05) is 5.20 Å². The lowest BCUT2D eigenvalue weighted by Gasteiger charge is -2.37. The van der Waals surface area contributed by atoms with Crippen molar-refractivity contribution in [2.45, 2.75) is 45.8 Å². The zero-order valence-electron chi connectivity index (χ0n) is 12.0. The van der Waals surface area contributed by atoms with Crippen molar-refractivity contribution >= 4 is 25.2 Å². The molecule has 0 aromatic heterocycles. The summed E-state index contributed by atoms with van der Waals surface area (Å²) in [5.74, 6) is 0. The van der Waals surface area contributed by atoms with E-state index < -0.39 is 25.2 Å². The van der Waals surface area contributed by atoms with E-state index in [1.54, 1.807) is 0 Å². The molecule has 0 aromatic carbocycles. The van der Waals surface area contributed by atoms with Crippen LogP contribution in [0.25, 0.3) is 0 Å². The molecule has 1 aliphatic rings. The van der Waals surface area contributed by atoms with Crippen LogP contribution in [0.3, 0.4) is 0 Å². The maximum absolute atomic E-state index is 6.40. The zero-order chi connectivity index (χ0) is 13.3. The van der Waals surface area contributed by atoms with Gasteiger partial charge in [0.05, 0.1) is 0 Å². The predicted octanol–water partition coefficient (Wildman–Crippen LogP) is 3.95. The third kappa shape index (κ3) is 4.91. The highest BCUT2D eigenvalue weighted by atomic mass is 28.5. The molecule has 0 aliphatic heterocycles. The van der Waals surface area contributed by atoms with E-state index in [4.69, 9.17) is 8.23 Å². The monoisotopic (exact) mass is 284 g/mol. The first kappa shape index (κ1) is 14.9. The maximum Gasteiger partial charge on any atom is 0.311 e.